The van der Waals surface area contributed by atoms with E-state index < -0.39 is 35.8 Å². The van der Waals surface area contributed by atoms with Gasteiger partial charge in [0, 0.05) is 31.6 Å². The molecule has 2 saturated heterocycles. The molecule has 2 unspecified atom stereocenters. The fourth-order valence-electron chi connectivity index (χ4n) is 3.17. The van der Waals surface area contributed by atoms with Gasteiger partial charge in [-0.1, -0.05) is 11.6 Å². The van der Waals surface area contributed by atoms with E-state index in [2.05, 4.69) is 0 Å². The zero-order valence-electron chi connectivity index (χ0n) is 13.0. The molecule has 1 aromatic carbocycles. The van der Waals surface area contributed by atoms with E-state index in [1.54, 1.807) is 0 Å². The Morgan fingerprint density at radius 2 is 2.08 bits per heavy atom. The van der Waals surface area contributed by atoms with Crippen molar-refractivity contribution in [1.29, 1.82) is 0 Å². The van der Waals surface area contributed by atoms with E-state index in [0.717, 1.165) is 11.0 Å². The Labute approximate surface area is 147 Å². The number of carbonyl (C=O) groups excluding carboxylic acids is 2. The molecular weight excluding hydrogens is 358 g/mol. The number of carbonyl (C=O) groups is 3. The third kappa shape index (κ3) is 3.18. The van der Waals surface area contributed by atoms with Crippen molar-refractivity contribution in [2.75, 3.05) is 24.5 Å². The molecule has 2 heterocycles. The number of hydrogen-bond donors (Lipinski definition) is 1. The molecule has 2 atom stereocenters. The van der Waals surface area contributed by atoms with Gasteiger partial charge < -0.3 is 14.9 Å². The summed E-state index contributed by atoms with van der Waals surface area (Å²) in [6.45, 7) is -0.509. The number of hydrogen-bond acceptors (Lipinski definition) is 3. The van der Waals surface area contributed by atoms with Crippen molar-refractivity contribution in [3.05, 3.63) is 29.0 Å². The molecule has 3 rings (SSSR count). The molecule has 0 bridgehead atoms. The largest absolute Gasteiger partial charge is 0.479 e. The van der Waals surface area contributed by atoms with Crippen LogP contribution in [0.4, 0.5) is 14.5 Å². The molecule has 6 nitrogen and oxygen atoms in total. The molecule has 2 fully saturated rings. The first-order chi connectivity index (χ1) is 11.7. The normalized spacial score (nSPS) is 26.4. The van der Waals surface area contributed by atoms with Gasteiger partial charge in [0.1, 0.15) is 5.82 Å². The first kappa shape index (κ1) is 17.6. The number of rotatable bonds is 3. The zero-order valence-corrected chi connectivity index (χ0v) is 13.8. The van der Waals surface area contributed by atoms with Crippen LogP contribution in [0.3, 0.4) is 0 Å². The summed E-state index contributed by atoms with van der Waals surface area (Å²) in [6.07, 6.45) is -0.368. The lowest BCUT2D eigenvalue weighted by Gasteiger charge is -2.21. The quantitative estimate of drug-likeness (QED) is 0.878. The van der Waals surface area contributed by atoms with Gasteiger partial charge in [-0.2, -0.15) is 0 Å². The highest BCUT2D eigenvalue weighted by atomic mass is 35.5. The van der Waals surface area contributed by atoms with E-state index in [1.165, 1.54) is 17.0 Å². The maximum absolute atomic E-state index is 14.1. The maximum atomic E-state index is 14.1. The Hall–Kier alpha value is -2.22. The summed E-state index contributed by atoms with van der Waals surface area (Å²) in [6, 6.07) is 3.91. The second-order valence-electron chi connectivity index (χ2n) is 6.28. The average molecular weight is 373 g/mol. The number of benzene rings is 1. The van der Waals surface area contributed by atoms with Crippen LogP contribution in [0.15, 0.2) is 18.2 Å². The van der Waals surface area contributed by atoms with Crippen LogP contribution in [0.1, 0.15) is 12.8 Å². The van der Waals surface area contributed by atoms with Crippen LogP contribution in [0.5, 0.6) is 0 Å². The first-order valence-corrected chi connectivity index (χ1v) is 8.05. The van der Waals surface area contributed by atoms with Gasteiger partial charge in [0.2, 0.25) is 17.5 Å². The van der Waals surface area contributed by atoms with Crippen LogP contribution in [-0.2, 0) is 14.4 Å². The maximum Gasteiger partial charge on any atom is 0.343 e. The van der Waals surface area contributed by atoms with Crippen LogP contribution >= 0.6 is 11.6 Å². The summed E-state index contributed by atoms with van der Waals surface area (Å²) >= 11 is 5.62. The molecule has 0 aromatic heterocycles. The molecule has 1 N–H and O–H groups in total. The van der Waals surface area contributed by atoms with Gasteiger partial charge in [-0.15, -0.1) is 0 Å². The Morgan fingerprint density at radius 3 is 2.68 bits per heavy atom. The smallest absolute Gasteiger partial charge is 0.343 e. The van der Waals surface area contributed by atoms with Crippen molar-refractivity contribution < 1.29 is 28.3 Å². The lowest BCUT2D eigenvalue weighted by atomic mass is 10.1. The van der Waals surface area contributed by atoms with Crippen LogP contribution in [0.2, 0.25) is 5.02 Å². The van der Waals surface area contributed by atoms with Crippen LogP contribution < -0.4 is 4.90 Å². The van der Waals surface area contributed by atoms with Gasteiger partial charge in [-0.05, 0) is 18.2 Å². The Kier molecular flexibility index (Phi) is 4.40. The number of amides is 2. The lowest BCUT2D eigenvalue weighted by Crippen LogP contribution is -2.41. The Bertz CT molecular complexity index is 760. The molecule has 1 aromatic rings. The van der Waals surface area contributed by atoms with E-state index in [9.17, 15) is 23.2 Å². The summed E-state index contributed by atoms with van der Waals surface area (Å²) in [5, 5.41) is 8.82. The number of nitrogens with zero attached hydrogens (tertiary/aromatic N) is 2. The van der Waals surface area contributed by atoms with Gasteiger partial charge in [-0.25, -0.2) is 13.6 Å². The zero-order chi connectivity index (χ0) is 18.4. The highest BCUT2D eigenvalue weighted by molar-refractivity contribution is 6.30. The van der Waals surface area contributed by atoms with Crippen LogP contribution in [0, 0.1) is 11.7 Å². The molecule has 2 aliphatic heterocycles. The van der Waals surface area contributed by atoms with Gasteiger partial charge in [0.05, 0.1) is 17.5 Å². The SMILES string of the molecule is O=C(C1CC(=O)N(c2ccc(Cl)c(F)c2)C1)N1CCC(F)(C(=O)O)C1. The fraction of sp³-hybridized carbons (Fsp3) is 0.438. The van der Waals surface area contributed by atoms with Crippen molar-refractivity contribution in [3.8, 4) is 0 Å². The minimum absolute atomic E-state index is 0.0120. The Balaban J connectivity index is 1.71. The number of carboxylic acids is 1. The van der Waals surface area contributed by atoms with Crippen molar-refractivity contribution in [2.24, 2.45) is 5.92 Å². The van der Waals surface area contributed by atoms with Crippen molar-refractivity contribution >= 4 is 35.1 Å². The third-order valence-electron chi connectivity index (χ3n) is 4.60. The molecule has 134 valence electrons. The first-order valence-electron chi connectivity index (χ1n) is 7.68. The number of alkyl halides is 1. The van der Waals surface area contributed by atoms with Gasteiger partial charge in [0.15, 0.2) is 0 Å². The number of aliphatic carboxylic acids is 1. The molecule has 25 heavy (non-hydrogen) atoms. The summed E-state index contributed by atoms with van der Waals surface area (Å²) in [5.74, 6) is -3.81. The van der Waals surface area contributed by atoms with E-state index in [0.29, 0.717) is 0 Å². The molecular formula is C16H15ClF2N2O4. The van der Waals surface area contributed by atoms with Gasteiger partial charge in [-0.3, -0.25) is 9.59 Å². The monoisotopic (exact) mass is 372 g/mol. The molecule has 0 saturated carbocycles. The summed E-state index contributed by atoms with van der Waals surface area (Å²) < 4.78 is 27.7. The fourth-order valence-corrected chi connectivity index (χ4v) is 3.29. The summed E-state index contributed by atoms with van der Waals surface area (Å²) in [4.78, 5) is 38.0. The molecule has 9 heteroatoms. The lowest BCUT2D eigenvalue weighted by molar-refractivity contribution is -0.150. The van der Waals surface area contributed by atoms with Crippen LogP contribution in [0.25, 0.3) is 0 Å². The summed E-state index contributed by atoms with van der Waals surface area (Å²) in [5.41, 5.74) is -2.16. The van der Waals surface area contributed by atoms with E-state index in [4.69, 9.17) is 16.7 Å². The highest BCUT2D eigenvalue weighted by Gasteiger charge is 2.49. The molecule has 0 radical (unpaired) electrons. The second-order valence-corrected chi connectivity index (χ2v) is 6.69. The number of halogens is 3. The standard InChI is InChI=1S/C16H15ClF2N2O4/c17-11-2-1-10(6-12(11)18)21-7-9(5-13(21)22)14(23)20-4-3-16(19,8-20)15(24)25/h1-2,6,9H,3-5,7-8H2,(H,24,25). The highest BCUT2D eigenvalue weighted by Crippen LogP contribution is 2.32. The van der Waals surface area contributed by atoms with Crippen molar-refractivity contribution in [1.82, 2.24) is 4.90 Å². The minimum atomic E-state index is -2.45. The Morgan fingerprint density at radius 1 is 1.36 bits per heavy atom. The topological polar surface area (TPSA) is 77.9 Å². The molecule has 2 aliphatic rings. The number of anilines is 1. The minimum Gasteiger partial charge on any atom is -0.479 e. The number of likely N-dealkylation sites (tertiary alicyclic amines) is 1. The van der Waals surface area contributed by atoms with Gasteiger partial charge in [0.25, 0.3) is 0 Å². The van der Waals surface area contributed by atoms with E-state index in [1.807, 2.05) is 0 Å². The van der Waals surface area contributed by atoms with E-state index in [-0.39, 0.29) is 42.5 Å². The van der Waals surface area contributed by atoms with Crippen molar-refractivity contribution in [2.45, 2.75) is 18.5 Å². The predicted octanol–water partition coefficient (Wildman–Crippen LogP) is 1.86. The molecule has 0 spiro atoms. The van der Waals surface area contributed by atoms with E-state index >= 15 is 0 Å². The van der Waals surface area contributed by atoms with Crippen LogP contribution in [-0.4, -0.2) is 53.1 Å². The third-order valence-corrected chi connectivity index (χ3v) is 4.91. The second kappa shape index (κ2) is 6.25. The number of carboxylic acid groups (broad SMARTS) is 1. The summed E-state index contributed by atoms with van der Waals surface area (Å²) in [7, 11) is 0. The predicted molar refractivity (Wildman–Crippen MR) is 84.5 cm³/mol. The average Bonchev–Trinajstić information content (AvgIpc) is 3.14. The molecule has 2 amide bonds. The molecule has 0 aliphatic carbocycles. The van der Waals surface area contributed by atoms with Crippen molar-refractivity contribution in [3.63, 3.8) is 0 Å². The van der Waals surface area contributed by atoms with Gasteiger partial charge >= 0.3 is 5.97 Å².